The molecule has 2 N–H and O–H groups in total. The Morgan fingerprint density at radius 3 is 2.91 bits per heavy atom. The maximum atomic E-state index is 12.4. The second-order valence-corrected chi connectivity index (χ2v) is 9.18. The summed E-state index contributed by atoms with van der Waals surface area (Å²) in [6.07, 6.45) is 6.07. The fourth-order valence-electron chi connectivity index (χ4n) is 4.59. The van der Waals surface area contributed by atoms with Crippen LogP contribution in [0.15, 0.2) is 29.1 Å². The third kappa shape index (κ3) is 4.37. The highest BCUT2D eigenvalue weighted by molar-refractivity contribution is 6.31. The number of fused-ring (bicyclic) bond motifs is 1. The Labute approximate surface area is 191 Å². The van der Waals surface area contributed by atoms with Crippen molar-refractivity contribution in [1.29, 1.82) is 0 Å². The molecule has 1 atom stereocenters. The minimum atomic E-state index is -0.249. The van der Waals surface area contributed by atoms with Gasteiger partial charge < -0.3 is 15.0 Å². The molecule has 1 saturated carbocycles. The predicted molar refractivity (Wildman–Crippen MR) is 123 cm³/mol. The second kappa shape index (κ2) is 8.81. The van der Waals surface area contributed by atoms with E-state index in [1.54, 1.807) is 13.1 Å². The summed E-state index contributed by atoms with van der Waals surface area (Å²) < 4.78 is 6.13. The number of halogens is 1. The van der Waals surface area contributed by atoms with Crippen LogP contribution in [0.2, 0.25) is 5.15 Å². The molecule has 168 valence electrons. The summed E-state index contributed by atoms with van der Waals surface area (Å²) >= 11 is 6.36. The van der Waals surface area contributed by atoms with Crippen molar-refractivity contribution in [3.8, 4) is 0 Å². The topological polar surface area (TPSA) is 87.3 Å². The number of aromatic nitrogens is 2. The van der Waals surface area contributed by atoms with Crippen LogP contribution in [-0.2, 0) is 17.8 Å². The van der Waals surface area contributed by atoms with Gasteiger partial charge in [-0.05, 0) is 54.5 Å². The van der Waals surface area contributed by atoms with Crippen molar-refractivity contribution in [3.63, 3.8) is 0 Å². The van der Waals surface area contributed by atoms with Crippen LogP contribution >= 0.6 is 11.6 Å². The molecule has 2 aromatic rings. The van der Waals surface area contributed by atoms with Crippen molar-refractivity contribution in [3.05, 3.63) is 67.9 Å². The number of carbonyl (C=O) groups excluding carboxylic acids is 1. The first-order chi connectivity index (χ1) is 15.5. The first kappa shape index (κ1) is 21.4. The Morgan fingerprint density at radius 2 is 2.22 bits per heavy atom. The molecule has 32 heavy (non-hydrogen) atoms. The molecule has 0 aromatic carbocycles. The molecule has 0 saturated heterocycles. The maximum Gasteiger partial charge on any atom is 0.269 e. The lowest BCUT2D eigenvalue weighted by atomic mass is 9.99. The highest BCUT2D eigenvalue weighted by Crippen LogP contribution is 2.39. The summed E-state index contributed by atoms with van der Waals surface area (Å²) in [5.74, 6) is 0.196. The van der Waals surface area contributed by atoms with Crippen LogP contribution in [0.5, 0.6) is 0 Å². The largest absolute Gasteiger partial charge is 0.372 e. The van der Waals surface area contributed by atoms with Crippen molar-refractivity contribution in [1.82, 2.24) is 20.2 Å². The summed E-state index contributed by atoms with van der Waals surface area (Å²) in [5, 5.41) is 2.91. The number of hydrogen-bond acceptors (Lipinski definition) is 5. The van der Waals surface area contributed by atoms with E-state index < -0.39 is 0 Å². The average molecular weight is 455 g/mol. The molecule has 0 bridgehead atoms. The Balaban J connectivity index is 1.21. The third-order valence-corrected chi connectivity index (χ3v) is 6.87. The number of carbonyl (C=O) groups is 1. The zero-order valence-corrected chi connectivity index (χ0v) is 18.9. The third-order valence-electron chi connectivity index (χ3n) is 6.58. The van der Waals surface area contributed by atoms with Gasteiger partial charge in [-0.1, -0.05) is 17.7 Å². The number of H-pyrrole nitrogens is 1. The molecular formula is C24H27ClN4O3. The van der Waals surface area contributed by atoms with E-state index in [1.807, 2.05) is 6.07 Å². The average Bonchev–Trinajstić information content (AvgIpc) is 3.64. The molecule has 1 unspecified atom stereocenters. The highest BCUT2D eigenvalue weighted by atomic mass is 35.5. The summed E-state index contributed by atoms with van der Waals surface area (Å²) in [6, 6.07) is 5.63. The van der Waals surface area contributed by atoms with Crippen LogP contribution in [0.25, 0.3) is 5.57 Å². The van der Waals surface area contributed by atoms with Gasteiger partial charge in [0.15, 0.2) is 0 Å². The van der Waals surface area contributed by atoms with E-state index in [0.29, 0.717) is 23.4 Å². The zero-order chi connectivity index (χ0) is 22.2. The van der Waals surface area contributed by atoms with Gasteiger partial charge in [0, 0.05) is 49.9 Å². The predicted octanol–water partition coefficient (Wildman–Crippen LogP) is 2.89. The number of ether oxygens (including phenoxy) is 1. The van der Waals surface area contributed by atoms with Gasteiger partial charge in [-0.3, -0.25) is 14.5 Å². The van der Waals surface area contributed by atoms with Crippen molar-refractivity contribution >= 4 is 23.1 Å². The lowest BCUT2D eigenvalue weighted by Crippen LogP contribution is -2.40. The van der Waals surface area contributed by atoms with Gasteiger partial charge in [-0.2, -0.15) is 0 Å². The Bertz CT molecular complexity index is 1140. The lowest BCUT2D eigenvalue weighted by Gasteiger charge is -2.32. The van der Waals surface area contributed by atoms with E-state index in [2.05, 4.69) is 32.3 Å². The molecule has 2 aromatic heterocycles. The molecule has 2 aliphatic heterocycles. The van der Waals surface area contributed by atoms with E-state index in [-0.39, 0.29) is 17.6 Å². The molecular weight excluding hydrogens is 428 g/mol. The van der Waals surface area contributed by atoms with E-state index in [4.69, 9.17) is 16.3 Å². The van der Waals surface area contributed by atoms with Gasteiger partial charge in [-0.15, -0.1) is 0 Å². The van der Waals surface area contributed by atoms with Gasteiger partial charge in [0.2, 0.25) is 0 Å². The monoisotopic (exact) mass is 454 g/mol. The Kier molecular flexibility index (Phi) is 5.88. The van der Waals surface area contributed by atoms with E-state index in [1.165, 1.54) is 0 Å². The van der Waals surface area contributed by atoms with E-state index in [9.17, 15) is 9.59 Å². The molecule has 4 heterocycles. The van der Waals surface area contributed by atoms with Gasteiger partial charge in [-0.25, -0.2) is 4.98 Å². The maximum absolute atomic E-state index is 12.4. The number of nitrogens with zero attached hydrogens (tertiary/aromatic N) is 2. The van der Waals surface area contributed by atoms with Crippen LogP contribution in [0, 0.1) is 0 Å². The molecule has 1 aliphatic carbocycles. The number of nitrogens with one attached hydrogen (secondary N) is 2. The van der Waals surface area contributed by atoms with Crippen LogP contribution in [0.4, 0.5) is 0 Å². The number of aromatic amines is 1. The summed E-state index contributed by atoms with van der Waals surface area (Å²) in [5.41, 5.74) is 5.50. The molecule has 0 radical (unpaired) electrons. The van der Waals surface area contributed by atoms with Gasteiger partial charge in [0.05, 0.1) is 12.7 Å². The van der Waals surface area contributed by atoms with Crippen LogP contribution in [-0.4, -0.2) is 53.6 Å². The molecule has 1 amide bonds. The van der Waals surface area contributed by atoms with Crippen LogP contribution < -0.4 is 10.9 Å². The van der Waals surface area contributed by atoms with Gasteiger partial charge in [0.1, 0.15) is 10.8 Å². The normalized spacial score (nSPS) is 21.1. The van der Waals surface area contributed by atoms with Crippen LogP contribution in [0.3, 0.4) is 0 Å². The fraction of sp³-hybridized carbons (Fsp3) is 0.458. The quantitative estimate of drug-likeness (QED) is 0.678. The van der Waals surface area contributed by atoms with Crippen molar-refractivity contribution < 1.29 is 9.53 Å². The minimum absolute atomic E-state index is 0.0666. The summed E-state index contributed by atoms with van der Waals surface area (Å²) in [7, 11) is 1.57. The summed E-state index contributed by atoms with van der Waals surface area (Å²) in [4.78, 5) is 33.8. The molecule has 3 aliphatic rings. The molecule has 1 fully saturated rings. The zero-order valence-electron chi connectivity index (χ0n) is 18.1. The molecule has 7 nitrogen and oxygen atoms in total. The number of hydrogen-bond donors (Lipinski definition) is 2. The minimum Gasteiger partial charge on any atom is -0.372 e. The van der Waals surface area contributed by atoms with Crippen molar-refractivity contribution in [2.75, 3.05) is 26.7 Å². The molecule has 5 rings (SSSR count). The van der Waals surface area contributed by atoms with Crippen molar-refractivity contribution in [2.24, 2.45) is 0 Å². The van der Waals surface area contributed by atoms with E-state index >= 15 is 0 Å². The van der Waals surface area contributed by atoms with Gasteiger partial charge >= 0.3 is 0 Å². The number of pyridine rings is 2. The Morgan fingerprint density at radius 1 is 1.38 bits per heavy atom. The smallest absolute Gasteiger partial charge is 0.269 e. The van der Waals surface area contributed by atoms with Gasteiger partial charge in [0.25, 0.3) is 11.5 Å². The molecule has 0 spiro atoms. The first-order valence-corrected chi connectivity index (χ1v) is 11.6. The first-order valence-electron chi connectivity index (χ1n) is 11.2. The van der Waals surface area contributed by atoms with E-state index in [0.717, 1.165) is 73.3 Å². The highest BCUT2D eigenvalue weighted by Gasteiger charge is 2.29. The van der Waals surface area contributed by atoms with Crippen LogP contribution in [0.1, 0.15) is 58.1 Å². The fourth-order valence-corrected chi connectivity index (χ4v) is 4.86. The number of amides is 1. The standard InChI is InChI=1S/C24H27ClN4O3/c1-26-24(31)20-5-4-18(22(25)27-20)15-6-8-29(9-7-15)12-17-11-21-16(13-32-17)10-19(14-2-3-14)23(30)28-21/h4-6,10,14,17H,2-3,7-9,11-13H2,1H3,(H,26,31)(H,28,30). The summed E-state index contributed by atoms with van der Waals surface area (Å²) in [6.45, 7) is 3.07. The second-order valence-electron chi connectivity index (χ2n) is 8.82. The molecule has 8 heteroatoms. The Hall–Kier alpha value is -2.48. The van der Waals surface area contributed by atoms with Crippen molar-refractivity contribution in [2.45, 2.75) is 44.3 Å². The lowest BCUT2D eigenvalue weighted by molar-refractivity contribution is 0.00549. The SMILES string of the molecule is CNC(=O)c1ccc(C2=CCN(CC3Cc4[nH]c(=O)c(C5CC5)cc4CO3)CC2)c(Cl)n1. The number of rotatable bonds is 5.